The van der Waals surface area contributed by atoms with Crippen LogP contribution in [0.2, 0.25) is 0 Å². The van der Waals surface area contributed by atoms with Crippen molar-refractivity contribution in [1.29, 1.82) is 0 Å². The molecule has 124 valence electrons. The van der Waals surface area contributed by atoms with Crippen LogP contribution in [0.5, 0.6) is 0 Å². The average Bonchev–Trinajstić information content (AvgIpc) is 2.99. The minimum Gasteiger partial charge on any atom is -0.453 e. The predicted molar refractivity (Wildman–Crippen MR) is 81.2 cm³/mol. The number of nitrogens with zero attached hydrogens (tertiary/aromatic N) is 1. The number of methoxy groups -OCH3 is 1. The number of ether oxygens (including phenoxy) is 1. The molecular weight excluding hydrogens is 284 g/mol. The van der Waals surface area contributed by atoms with Crippen LogP contribution in [0.1, 0.15) is 40.5 Å². The molecule has 0 spiro atoms. The minimum absolute atomic E-state index is 0.0157. The van der Waals surface area contributed by atoms with E-state index in [4.69, 9.17) is 0 Å². The molecule has 6 heteroatoms. The van der Waals surface area contributed by atoms with Gasteiger partial charge in [0.15, 0.2) is 0 Å². The van der Waals surface area contributed by atoms with Crippen LogP contribution >= 0.6 is 0 Å². The molecule has 22 heavy (non-hydrogen) atoms. The van der Waals surface area contributed by atoms with E-state index in [9.17, 15) is 14.4 Å². The van der Waals surface area contributed by atoms with Gasteiger partial charge in [0.05, 0.1) is 7.11 Å². The van der Waals surface area contributed by atoms with E-state index in [2.05, 4.69) is 10.1 Å². The second-order valence-electron chi connectivity index (χ2n) is 7.00. The van der Waals surface area contributed by atoms with Gasteiger partial charge in [-0.3, -0.25) is 9.59 Å². The molecule has 1 heterocycles. The molecule has 0 unspecified atom stereocenters. The topological polar surface area (TPSA) is 75.7 Å². The first-order valence-electron chi connectivity index (χ1n) is 7.97. The fourth-order valence-electron chi connectivity index (χ4n) is 3.84. The number of alkyl carbamates (subject to hydrolysis) is 1. The molecule has 1 aliphatic carbocycles. The van der Waals surface area contributed by atoms with Crippen molar-refractivity contribution in [3.8, 4) is 0 Å². The van der Waals surface area contributed by atoms with Crippen LogP contribution in [0.25, 0.3) is 0 Å². The summed E-state index contributed by atoms with van der Waals surface area (Å²) in [4.78, 5) is 38.4. The normalized spacial score (nSPS) is 28.4. The van der Waals surface area contributed by atoms with Crippen LogP contribution in [0.3, 0.4) is 0 Å². The third-order valence-electron chi connectivity index (χ3n) is 4.83. The average molecular weight is 310 g/mol. The summed E-state index contributed by atoms with van der Waals surface area (Å²) in [6.45, 7) is 7.86. The van der Waals surface area contributed by atoms with Crippen LogP contribution < -0.4 is 5.32 Å². The first-order chi connectivity index (χ1) is 10.3. The van der Waals surface area contributed by atoms with Gasteiger partial charge in [-0.05, 0) is 18.3 Å². The molecule has 0 aromatic heterocycles. The lowest BCUT2D eigenvalue weighted by Gasteiger charge is -2.39. The third kappa shape index (κ3) is 2.83. The van der Waals surface area contributed by atoms with E-state index in [0.717, 1.165) is 6.42 Å². The quantitative estimate of drug-likeness (QED) is 0.855. The van der Waals surface area contributed by atoms with E-state index in [1.165, 1.54) is 7.11 Å². The Morgan fingerprint density at radius 3 is 2.41 bits per heavy atom. The monoisotopic (exact) mass is 310 g/mol. The molecule has 0 radical (unpaired) electrons. The number of amides is 2. The number of carbonyl (C=O) groups excluding carboxylic acids is 3. The smallest absolute Gasteiger partial charge is 0.407 e. The first kappa shape index (κ1) is 16.8. The summed E-state index contributed by atoms with van der Waals surface area (Å²) in [5.41, 5.74) is 0. The molecule has 0 aromatic carbocycles. The molecular formula is C16H26N2O4. The maximum atomic E-state index is 13.0. The second-order valence-corrected chi connectivity index (χ2v) is 7.00. The van der Waals surface area contributed by atoms with Crippen molar-refractivity contribution >= 4 is 17.8 Å². The van der Waals surface area contributed by atoms with Crippen molar-refractivity contribution in [2.24, 2.45) is 17.8 Å². The summed E-state index contributed by atoms with van der Waals surface area (Å²) >= 11 is 0. The lowest BCUT2D eigenvalue weighted by atomic mass is 9.88. The van der Waals surface area contributed by atoms with Gasteiger partial charge in [-0.25, -0.2) is 4.79 Å². The van der Waals surface area contributed by atoms with Gasteiger partial charge in [0.1, 0.15) is 11.8 Å². The summed E-state index contributed by atoms with van der Waals surface area (Å²) in [5, 5.41) is 2.64. The molecule has 2 fully saturated rings. The Balaban J connectivity index is 2.22. The standard InChI is InChI=1S/C16H26N2O4/c1-8(2)13(17-16(21)22-5)15(20)18-10-6-11(12(19)7-10)14(18)9(3)4/h8-11,13-14H,6-7H2,1-5H3,(H,17,21)/t10-,11+,13+,14-/m1/s1. The highest BCUT2D eigenvalue weighted by Crippen LogP contribution is 2.43. The van der Waals surface area contributed by atoms with E-state index < -0.39 is 12.1 Å². The number of piperidine rings is 1. The molecule has 1 saturated carbocycles. The van der Waals surface area contributed by atoms with Crippen molar-refractivity contribution < 1.29 is 19.1 Å². The highest BCUT2D eigenvalue weighted by atomic mass is 16.5. The number of hydrogen-bond acceptors (Lipinski definition) is 4. The zero-order chi connectivity index (χ0) is 16.6. The first-order valence-corrected chi connectivity index (χ1v) is 7.97. The van der Waals surface area contributed by atoms with Gasteiger partial charge in [0.2, 0.25) is 5.91 Å². The zero-order valence-electron chi connectivity index (χ0n) is 14.0. The van der Waals surface area contributed by atoms with Crippen LogP contribution in [0, 0.1) is 17.8 Å². The Morgan fingerprint density at radius 1 is 1.27 bits per heavy atom. The van der Waals surface area contributed by atoms with Crippen LogP contribution in [-0.4, -0.2) is 47.9 Å². The van der Waals surface area contributed by atoms with Gasteiger partial charge in [-0.2, -0.15) is 0 Å². The molecule has 1 aliphatic heterocycles. The predicted octanol–water partition coefficient (Wildman–Crippen LogP) is 1.58. The summed E-state index contributed by atoms with van der Waals surface area (Å²) in [6, 6.07) is -0.694. The Labute approximate surface area is 131 Å². The highest BCUT2D eigenvalue weighted by molar-refractivity contribution is 5.92. The lowest BCUT2D eigenvalue weighted by Crippen LogP contribution is -2.58. The Bertz CT molecular complexity index is 475. The molecule has 2 amide bonds. The van der Waals surface area contributed by atoms with Gasteiger partial charge < -0.3 is 15.0 Å². The van der Waals surface area contributed by atoms with E-state index in [1.54, 1.807) is 0 Å². The molecule has 0 aromatic rings. The maximum absolute atomic E-state index is 13.0. The zero-order valence-corrected chi connectivity index (χ0v) is 14.0. The van der Waals surface area contributed by atoms with Gasteiger partial charge in [-0.1, -0.05) is 27.7 Å². The van der Waals surface area contributed by atoms with Crippen LogP contribution in [0.4, 0.5) is 4.79 Å². The van der Waals surface area contributed by atoms with Crippen LogP contribution in [0.15, 0.2) is 0 Å². The van der Waals surface area contributed by atoms with E-state index >= 15 is 0 Å². The maximum Gasteiger partial charge on any atom is 0.407 e. The van der Waals surface area contributed by atoms with Gasteiger partial charge >= 0.3 is 6.09 Å². The third-order valence-corrected chi connectivity index (χ3v) is 4.83. The Morgan fingerprint density at radius 2 is 1.91 bits per heavy atom. The summed E-state index contributed by atoms with van der Waals surface area (Å²) in [6.07, 6.45) is 0.604. The Hall–Kier alpha value is -1.59. The largest absolute Gasteiger partial charge is 0.453 e. The number of fused-ring (bicyclic) bond motifs is 2. The molecule has 2 aliphatic rings. The molecule has 2 rings (SSSR count). The van der Waals surface area contributed by atoms with Crippen LogP contribution in [-0.2, 0) is 14.3 Å². The number of ketones is 1. The number of rotatable bonds is 4. The number of hydrogen-bond donors (Lipinski definition) is 1. The lowest BCUT2D eigenvalue weighted by molar-refractivity contribution is -0.142. The fraction of sp³-hybridized carbons (Fsp3) is 0.812. The van der Waals surface area contributed by atoms with Crippen molar-refractivity contribution in [2.45, 2.75) is 58.7 Å². The molecule has 1 N–H and O–H groups in total. The number of nitrogens with one attached hydrogen (secondary N) is 1. The SMILES string of the molecule is COC(=O)N[C@H](C(=O)N1[C@H]2CC(=O)[C@H](C2)[C@H]1C(C)C)C(C)C. The Kier molecular flexibility index (Phi) is 4.78. The molecule has 1 saturated heterocycles. The van der Waals surface area contributed by atoms with Crippen molar-refractivity contribution in [3.05, 3.63) is 0 Å². The van der Waals surface area contributed by atoms with Crippen molar-refractivity contribution in [2.75, 3.05) is 7.11 Å². The minimum atomic E-state index is -0.622. The number of Topliss-reactive ketones (excluding diaryl/α,β-unsaturated/α-hetero) is 1. The molecule has 4 atom stereocenters. The number of carbonyl (C=O) groups is 3. The number of likely N-dealkylation sites (tertiary alicyclic amines) is 1. The highest BCUT2D eigenvalue weighted by Gasteiger charge is 2.54. The van der Waals surface area contributed by atoms with E-state index in [0.29, 0.717) is 6.42 Å². The fourth-order valence-corrected chi connectivity index (χ4v) is 3.84. The summed E-state index contributed by atoms with van der Waals surface area (Å²) < 4.78 is 4.62. The van der Waals surface area contributed by atoms with Gasteiger partial charge in [0.25, 0.3) is 0 Å². The van der Waals surface area contributed by atoms with E-state index in [-0.39, 0.29) is 41.5 Å². The summed E-state index contributed by atoms with van der Waals surface area (Å²) in [5.74, 6) is 0.303. The second kappa shape index (κ2) is 6.26. The molecule has 2 bridgehead atoms. The van der Waals surface area contributed by atoms with E-state index in [1.807, 2.05) is 32.6 Å². The van der Waals surface area contributed by atoms with Crippen molar-refractivity contribution in [1.82, 2.24) is 10.2 Å². The van der Waals surface area contributed by atoms with Crippen molar-refractivity contribution in [3.63, 3.8) is 0 Å². The van der Waals surface area contributed by atoms with Gasteiger partial charge in [0, 0.05) is 24.4 Å². The van der Waals surface area contributed by atoms with Gasteiger partial charge in [-0.15, -0.1) is 0 Å². The molecule has 6 nitrogen and oxygen atoms in total. The summed E-state index contributed by atoms with van der Waals surface area (Å²) in [7, 11) is 1.28.